The van der Waals surface area contributed by atoms with Crippen molar-refractivity contribution < 1.29 is 17.7 Å². The van der Waals surface area contributed by atoms with Crippen molar-refractivity contribution in [3.8, 4) is 0 Å². The molecule has 3 aromatic rings. The third kappa shape index (κ3) is 3.26. The van der Waals surface area contributed by atoms with E-state index in [-0.39, 0.29) is 24.6 Å². The number of carbonyl (C=O) groups is 1. The van der Waals surface area contributed by atoms with Gasteiger partial charge in [-0.15, -0.1) is 11.3 Å². The quantitative estimate of drug-likeness (QED) is 0.687. The molecule has 1 amide bonds. The number of hydrogen-bond acceptors (Lipinski definition) is 6. The summed E-state index contributed by atoms with van der Waals surface area (Å²) in [5.41, 5.74) is 1.24. The van der Waals surface area contributed by atoms with Crippen LogP contribution in [-0.4, -0.2) is 43.2 Å². The van der Waals surface area contributed by atoms with Crippen LogP contribution in [0.5, 0.6) is 0 Å². The van der Waals surface area contributed by atoms with E-state index in [4.69, 9.17) is 4.52 Å². The number of carbonyl (C=O) groups excluding carboxylic acids is 1. The zero-order chi connectivity index (χ0) is 18.1. The number of amides is 1. The van der Waals surface area contributed by atoms with E-state index in [2.05, 4.69) is 5.16 Å². The lowest BCUT2D eigenvalue weighted by Gasteiger charge is -2.19. The first-order valence-corrected chi connectivity index (χ1v) is 11.0. The summed E-state index contributed by atoms with van der Waals surface area (Å²) in [7, 11) is -3.26. The number of fused-ring (bicyclic) bond motifs is 1. The van der Waals surface area contributed by atoms with E-state index in [1.165, 1.54) is 11.3 Å². The molecule has 3 heterocycles. The Kier molecular flexibility index (Phi) is 4.54. The summed E-state index contributed by atoms with van der Waals surface area (Å²) >= 11 is 1.45. The largest absolute Gasteiger partial charge is 0.356 e. The van der Waals surface area contributed by atoms with Crippen LogP contribution >= 0.6 is 11.3 Å². The van der Waals surface area contributed by atoms with Gasteiger partial charge in [-0.1, -0.05) is 23.4 Å². The second kappa shape index (κ2) is 6.85. The van der Waals surface area contributed by atoms with Gasteiger partial charge in [0.25, 0.3) is 0 Å². The van der Waals surface area contributed by atoms with Gasteiger partial charge in [0, 0.05) is 23.4 Å². The van der Waals surface area contributed by atoms with Crippen LogP contribution in [0.1, 0.15) is 22.2 Å². The summed E-state index contributed by atoms with van der Waals surface area (Å²) in [6.45, 7) is 0.648. The number of para-hydroxylation sites is 1. The molecule has 4 rings (SSSR count). The molecule has 1 saturated heterocycles. The highest BCUT2D eigenvalue weighted by Gasteiger charge is 2.33. The molecule has 1 atom stereocenters. The molecule has 8 heteroatoms. The van der Waals surface area contributed by atoms with Crippen molar-refractivity contribution in [2.24, 2.45) is 0 Å². The van der Waals surface area contributed by atoms with Crippen molar-refractivity contribution in [2.45, 2.75) is 18.1 Å². The molecule has 0 N–H and O–H groups in total. The van der Waals surface area contributed by atoms with Crippen LogP contribution in [0.4, 0.5) is 0 Å². The van der Waals surface area contributed by atoms with E-state index >= 15 is 0 Å². The zero-order valence-electron chi connectivity index (χ0n) is 14.0. The Hall–Kier alpha value is -2.19. The molecular formula is C18H18N2O4S2. The van der Waals surface area contributed by atoms with Gasteiger partial charge in [0.15, 0.2) is 15.4 Å². The summed E-state index contributed by atoms with van der Waals surface area (Å²) in [5, 5.41) is 6.18. The van der Waals surface area contributed by atoms with Gasteiger partial charge in [-0.25, -0.2) is 8.42 Å². The molecule has 136 valence electrons. The third-order valence-corrected chi connectivity index (χ3v) is 7.97. The average Bonchev–Trinajstić information content (AvgIpc) is 3.25. The molecule has 0 aliphatic carbocycles. The maximum absolute atomic E-state index is 12.7. The van der Waals surface area contributed by atoms with Crippen LogP contribution in [0, 0.1) is 0 Å². The number of benzene rings is 1. The molecule has 2 aromatic heterocycles. The summed E-state index contributed by atoms with van der Waals surface area (Å²) in [6.07, 6.45) is 0.537. The minimum atomic E-state index is -3.26. The first-order valence-electron chi connectivity index (χ1n) is 8.40. The molecule has 1 aliphatic heterocycles. The topological polar surface area (TPSA) is 80.5 Å². The first-order chi connectivity index (χ1) is 12.5. The van der Waals surface area contributed by atoms with Crippen molar-refractivity contribution in [3.05, 3.63) is 52.3 Å². The summed E-state index contributed by atoms with van der Waals surface area (Å²) in [6, 6.07) is 11.1. The summed E-state index contributed by atoms with van der Waals surface area (Å²) in [5.74, 6) is -0.132. The van der Waals surface area contributed by atoms with Crippen molar-refractivity contribution in [3.63, 3.8) is 0 Å². The average molecular weight is 390 g/mol. The first kappa shape index (κ1) is 17.2. The maximum atomic E-state index is 12.7. The van der Waals surface area contributed by atoms with E-state index < -0.39 is 15.1 Å². The number of sulfone groups is 1. The van der Waals surface area contributed by atoms with Crippen molar-refractivity contribution >= 4 is 38.1 Å². The second-order valence-electron chi connectivity index (χ2n) is 6.34. The van der Waals surface area contributed by atoms with E-state index in [0.29, 0.717) is 24.2 Å². The molecule has 0 spiro atoms. The SMILES string of the molecule is O=C(Cc1noc2ccccc12)N1CCC(c2cccs2)S(=O)(=O)CC1. The van der Waals surface area contributed by atoms with Crippen molar-refractivity contribution in [1.82, 2.24) is 10.1 Å². The minimum absolute atomic E-state index is 0.0130. The number of nitrogens with zero attached hydrogens (tertiary/aromatic N) is 2. The Morgan fingerprint density at radius 2 is 2.08 bits per heavy atom. The highest BCUT2D eigenvalue weighted by molar-refractivity contribution is 7.91. The smallest absolute Gasteiger partial charge is 0.228 e. The summed E-state index contributed by atoms with van der Waals surface area (Å²) < 4.78 is 30.4. The lowest BCUT2D eigenvalue weighted by Crippen LogP contribution is -2.34. The van der Waals surface area contributed by atoms with Crippen molar-refractivity contribution in [2.75, 3.05) is 18.8 Å². The molecule has 0 bridgehead atoms. The molecule has 0 radical (unpaired) electrons. The Morgan fingerprint density at radius 1 is 1.23 bits per heavy atom. The normalized spacial score (nSPS) is 20.2. The fourth-order valence-corrected chi connectivity index (χ4v) is 6.31. The number of hydrogen-bond donors (Lipinski definition) is 0. The molecular weight excluding hydrogens is 372 g/mol. The van der Waals surface area contributed by atoms with Crippen LogP contribution in [0.25, 0.3) is 11.0 Å². The maximum Gasteiger partial charge on any atom is 0.228 e. The third-order valence-electron chi connectivity index (χ3n) is 4.72. The van der Waals surface area contributed by atoms with Crippen molar-refractivity contribution in [1.29, 1.82) is 0 Å². The predicted molar refractivity (Wildman–Crippen MR) is 99.8 cm³/mol. The van der Waals surface area contributed by atoms with Crippen LogP contribution in [-0.2, 0) is 21.1 Å². The number of aromatic nitrogens is 1. The standard InChI is InChI=1S/C18H18N2O4S2/c21-18(12-14-13-4-1-2-5-15(13)24-19-14)20-8-7-17(16-6-3-10-25-16)26(22,23)11-9-20/h1-6,10,17H,7-9,11-12H2. The molecule has 1 fully saturated rings. The van der Waals surface area contributed by atoms with Gasteiger partial charge in [0.05, 0.1) is 17.4 Å². The van der Waals surface area contributed by atoms with Crippen LogP contribution < -0.4 is 0 Å². The molecule has 6 nitrogen and oxygen atoms in total. The number of thiophene rings is 1. The Morgan fingerprint density at radius 3 is 2.88 bits per heavy atom. The predicted octanol–water partition coefficient (Wildman–Crippen LogP) is 2.82. The molecule has 1 unspecified atom stereocenters. The lowest BCUT2D eigenvalue weighted by atomic mass is 10.1. The van der Waals surface area contributed by atoms with Gasteiger partial charge in [0.1, 0.15) is 5.69 Å². The lowest BCUT2D eigenvalue weighted by molar-refractivity contribution is -0.130. The Balaban J connectivity index is 1.51. The highest BCUT2D eigenvalue weighted by atomic mass is 32.2. The molecule has 1 aromatic carbocycles. The molecule has 0 saturated carbocycles. The van der Waals surface area contributed by atoms with Gasteiger partial charge in [-0.2, -0.15) is 0 Å². The second-order valence-corrected chi connectivity index (χ2v) is 9.62. The van der Waals surface area contributed by atoms with Gasteiger partial charge in [0.2, 0.25) is 5.91 Å². The summed E-state index contributed by atoms with van der Waals surface area (Å²) in [4.78, 5) is 15.2. The van der Waals surface area contributed by atoms with Gasteiger partial charge >= 0.3 is 0 Å². The van der Waals surface area contributed by atoms with E-state index in [0.717, 1.165) is 10.3 Å². The van der Waals surface area contributed by atoms with E-state index in [1.807, 2.05) is 35.7 Å². The minimum Gasteiger partial charge on any atom is -0.356 e. The van der Waals surface area contributed by atoms with Crippen LogP contribution in [0.15, 0.2) is 46.3 Å². The highest BCUT2D eigenvalue weighted by Crippen LogP contribution is 2.32. The van der Waals surface area contributed by atoms with Gasteiger partial charge in [-0.05, 0) is 30.0 Å². The fourth-order valence-electron chi connectivity index (χ4n) is 3.31. The molecule has 26 heavy (non-hydrogen) atoms. The van der Waals surface area contributed by atoms with E-state index in [9.17, 15) is 13.2 Å². The fraction of sp³-hybridized carbons (Fsp3) is 0.333. The van der Waals surface area contributed by atoms with E-state index in [1.54, 1.807) is 11.0 Å². The Bertz CT molecular complexity index is 1020. The molecule has 1 aliphatic rings. The Labute approximate surface area is 155 Å². The number of rotatable bonds is 3. The zero-order valence-corrected chi connectivity index (χ0v) is 15.6. The van der Waals surface area contributed by atoms with Gasteiger partial charge < -0.3 is 9.42 Å². The monoisotopic (exact) mass is 390 g/mol. The van der Waals surface area contributed by atoms with Crippen LogP contribution in [0.3, 0.4) is 0 Å². The van der Waals surface area contributed by atoms with Crippen LogP contribution in [0.2, 0.25) is 0 Å². The van der Waals surface area contributed by atoms with Gasteiger partial charge in [-0.3, -0.25) is 4.79 Å².